The molecule has 1 amide bonds. The van der Waals surface area contributed by atoms with Gasteiger partial charge in [0.15, 0.2) is 11.0 Å². The lowest BCUT2D eigenvalue weighted by molar-refractivity contribution is -0.113. The van der Waals surface area contributed by atoms with Gasteiger partial charge in [-0.2, -0.15) is 0 Å². The first kappa shape index (κ1) is 21.6. The van der Waals surface area contributed by atoms with Crippen molar-refractivity contribution in [2.75, 3.05) is 16.8 Å². The molecule has 3 N–H and O–H groups in total. The topological polar surface area (TPSA) is 98.7 Å². The van der Waals surface area contributed by atoms with E-state index in [0.717, 1.165) is 15.1 Å². The molecule has 11 heteroatoms. The fourth-order valence-electron chi connectivity index (χ4n) is 2.88. The standard InChI is InChI=1S/C20H16Cl2N6OS2/c1-2-8-28-18(17-16(23)12-4-3-7-24-19(12)31-17)26-27-20(28)30-10-15(29)25-11-5-6-13(21)14(22)9-11/h2-7,9H,1,8,10,23H2,(H,25,29). The number of halogens is 2. The number of carbonyl (C=O) groups is 1. The summed E-state index contributed by atoms with van der Waals surface area (Å²) in [5, 5.41) is 13.7. The molecule has 0 spiro atoms. The maximum absolute atomic E-state index is 12.4. The minimum absolute atomic E-state index is 0.138. The van der Waals surface area contributed by atoms with Crippen molar-refractivity contribution in [2.45, 2.75) is 11.7 Å². The fraction of sp³-hybridized carbons (Fsp3) is 0.100. The zero-order valence-electron chi connectivity index (χ0n) is 16.0. The third kappa shape index (κ3) is 4.54. The number of hydrogen-bond acceptors (Lipinski definition) is 7. The monoisotopic (exact) mass is 490 g/mol. The van der Waals surface area contributed by atoms with Gasteiger partial charge in [0.1, 0.15) is 4.83 Å². The highest BCUT2D eigenvalue weighted by Gasteiger charge is 2.20. The second-order valence-corrected chi connectivity index (χ2v) is 9.13. The number of pyridine rings is 1. The van der Waals surface area contributed by atoms with Crippen molar-refractivity contribution in [2.24, 2.45) is 0 Å². The summed E-state index contributed by atoms with van der Waals surface area (Å²) in [4.78, 5) is 18.4. The number of thioether (sulfide) groups is 1. The van der Waals surface area contributed by atoms with Crippen LogP contribution in [0.1, 0.15) is 0 Å². The van der Waals surface area contributed by atoms with Gasteiger partial charge in [-0.1, -0.05) is 41.0 Å². The van der Waals surface area contributed by atoms with E-state index in [-0.39, 0.29) is 11.7 Å². The van der Waals surface area contributed by atoms with Gasteiger partial charge in [-0.05, 0) is 30.3 Å². The number of aromatic nitrogens is 4. The lowest BCUT2D eigenvalue weighted by Gasteiger charge is -2.08. The predicted octanol–water partition coefficient (Wildman–Crippen LogP) is 5.36. The van der Waals surface area contributed by atoms with Crippen molar-refractivity contribution < 1.29 is 4.79 Å². The van der Waals surface area contributed by atoms with Gasteiger partial charge in [0.05, 0.1) is 26.4 Å². The molecule has 7 nitrogen and oxygen atoms in total. The molecule has 0 fully saturated rings. The van der Waals surface area contributed by atoms with Crippen molar-refractivity contribution in [1.29, 1.82) is 0 Å². The number of hydrogen-bond donors (Lipinski definition) is 2. The molecule has 4 rings (SSSR count). The molecule has 0 aliphatic carbocycles. The Morgan fingerprint density at radius 3 is 2.87 bits per heavy atom. The Labute approximate surface area is 196 Å². The fourth-order valence-corrected chi connectivity index (χ4v) is 4.98. The summed E-state index contributed by atoms with van der Waals surface area (Å²) in [6.07, 6.45) is 3.47. The molecule has 31 heavy (non-hydrogen) atoms. The van der Waals surface area contributed by atoms with Gasteiger partial charge in [-0.15, -0.1) is 28.1 Å². The highest BCUT2D eigenvalue weighted by atomic mass is 35.5. The van der Waals surface area contributed by atoms with E-state index >= 15 is 0 Å². The number of allylic oxidation sites excluding steroid dienone is 1. The number of fused-ring (bicyclic) bond motifs is 1. The van der Waals surface area contributed by atoms with E-state index in [0.29, 0.717) is 38.9 Å². The lowest BCUT2D eigenvalue weighted by Crippen LogP contribution is -2.14. The number of thiophene rings is 1. The highest BCUT2D eigenvalue weighted by molar-refractivity contribution is 7.99. The maximum atomic E-state index is 12.4. The maximum Gasteiger partial charge on any atom is 0.234 e. The van der Waals surface area contributed by atoms with E-state index in [1.165, 1.54) is 23.1 Å². The van der Waals surface area contributed by atoms with Crippen LogP contribution >= 0.6 is 46.3 Å². The number of nitrogens with one attached hydrogen (secondary N) is 1. The van der Waals surface area contributed by atoms with Gasteiger partial charge in [-0.3, -0.25) is 9.36 Å². The Hall–Kier alpha value is -2.59. The van der Waals surface area contributed by atoms with Gasteiger partial charge in [0.25, 0.3) is 0 Å². The summed E-state index contributed by atoms with van der Waals surface area (Å²) < 4.78 is 1.88. The highest BCUT2D eigenvalue weighted by Crippen LogP contribution is 2.39. The molecule has 0 saturated heterocycles. The van der Waals surface area contributed by atoms with E-state index in [1.54, 1.807) is 30.5 Å². The number of nitrogen functional groups attached to an aromatic ring is 1. The van der Waals surface area contributed by atoms with Crippen LogP contribution in [0.3, 0.4) is 0 Å². The van der Waals surface area contributed by atoms with Crippen LogP contribution in [0.15, 0.2) is 54.3 Å². The molecule has 0 unspecified atom stereocenters. The number of nitrogens with zero attached hydrogens (tertiary/aromatic N) is 4. The number of benzene rings is 1. The molecule has 4 aromatic rings. The first-order valence-electron chi connectivity index (χ1n) is 9.03. The van der Waals surface area contributed by atoms with Gasteiger partial charge in [0, 0.05) is 23.8 Å². The third-order valence-corrected chi connectivity index (χ3v) is 7.10. The first-order valence-corrected chi connectivity index (χ1v) is 11.6. The second kappa shape index (κ2) is 9.27. The molecule has 0 bridgehead atoms. The number of nitrogens with two attached hydrogens (primary N) is 1. The van der Waals surface area contributed by atoms with Crippen LogP contribution in [-0.4, -0.2) is 31.4 Å². The summed E-state index contributed by atoms with van der Waals surface area (Å²) in [5.41, 5.74) is 7.53. The van der Waals surface area contributed by atoms with Crippen LogP contribution in [0.4, 0.5) is 11.4 Å². The van der Waals surface area contributed by atoms with Crippen LogP contribution in [0, 0.1) is 0 Å². The minimum atomic E-state index is -0.205. The molecule has 158 valence electrons. The predicted molar refractivity (Wildman–Crippen MR) is 129 cm³/mol. The molecular formula is C20H16Cl2N6OS2. The zero-order chi connectivity index (χ0) is 22.0. The van der Waals surface area contributed by atoms with Gasteiger partial charge in [-0.25, -0.2) is 4.98 Å². The van der Waals surface area contributed by atoms with Crippen molar-refractivity contribution in [3.63, 3.8) is 0 Å². The smallest absolute Gasteiger partial charge is 0.234 e. The molecular weight excluding hydrogens is 475 g/mol. The summed E-state index contributed by atoms with van der Waals surface area (Å²) in [7, 11) is 0. The second-order valence-electron chi connectivity index (χ2n) is 6.37. The summed E-state index contributed by atoms with van der Waals surface area (Å²) >= 11 is 14.6. The Kier molecular flexibility index (Phi) is 6.47. The van der Waals surface area contributed by atoms with Gasteiger partial charge < -0.3 is 11.1 Å². The Balaban J connectivity index is 1.54. The Morgan fingerprint density at radius 2 is 2.13 bits per heavy atom. The van der Waals surface area contributed by atoms with E-state index < -0.39 is 0 Å². The largest absolute Gasteiger partial charge is 0.397 e. The molecule has 1 aromatic carbocycles. The summed E-state index contributed by atoms with van der Waals surface area (Å²) in [5.74, 6) is 0.551. The Bertz CT molecular complexity index is 1290. The first-order chi connectivity index (χ1) is 15.0. The van der Waals surface area contributed by atoms with Crippen molar-refractivity contribution >= 4 is 73.8 Å². The van der Waals surface area contributed by atoms with Crippen molar-refractivity contribution in [3.05, 3.63) is 59.2 Å². The quantitative estimate of drug-likeness (QED) is 0.267. The van der Waals surface area contributed by atoms with Crippen LogP contribution in [0.25, 0.3) is 20.9 Å². The number of amides is 1. The molecule has 0 radical (unpaired) electrons. The Morgan fingerprint density at radius 1 is 1.29 bits per heavy atom. The molecule has 3 heterocycles. The van der Waals surface area contributed by atoms with Crippen molar-refractivity contribution in [3.8, 4) is 10.7 Å². The number of rotatable bonds is 7. The van der Waals surface area contributed by atoms with E-state index in [2.05, 4.69) is 27.1 Å². The van der Waals surface area contributed by atoms with Crippen LogP contribution in [0.5, 0.6) is 0 Å². The molecule has 0 aliphatic heterocycles. The van der Waals surface area contributed by atoms with Gasteiger partial charge >= 0.3 is 0 Å². The van der Waals surface area contributed by atoms with Crippen LogP contribution in [0.2, 0.25) is 10.0 Å². The molecule has 3 aromatic heterocycles. The van der Waals surface area contributed by atoms with Crippen LogP contribution < -0.4 is 11.1 Å². The van der Waals surface area contributed by atoms with Crippen LogP contribution in [-0.2, 0) is 11.3 Å². The third-order valence-electron chi connectivity index (χ3n) is 4.27. The molecule has 0 saturated carbocycles. The summed E-state index contributed by atoms with van der Waals surface area (Å²) in [6, 6.07) is 8.69. The van der Waals surface area contributed by atoms with Crippen molar-refractivity contribution in [1.82, 2.24) is 19.7 Å². The number of anilines is 2. The average molecular weight is 491 g/mol. The van der Waals surface area contributed by atoms with E-state index in [4.69, 9.17) is 28.9 Å². The molecule has 0 atom stereocenters. The molecule has 0 aliphatic rings. The SMILES string of the molecule is C=CCn1c(SCC(=O)Nc2ccc(Cl)c(Cl)c2)nnc1-c1sc2ncccc2c1N. The normalized spacial score (nSPS) is 11.0. The summed E-state index contributed by atoms with van der Waals surface area (Å²) in [6.45, 7) is 4.29. The number of carbonyl (C=O) groups excluding carboxylic acids is 1. The van der Waals surface area contributed by atoms with Gasteiger partial charge in [0.2, 0.25) is 5.91 Å². The van der Waals surface area contributed by atoms with E-state index in [9.17, 15) is 4.79 Å². The lowest BCUT2D eigenvalue weighted by atomic mass is 10.2. The minimum Gasteiger partial charge on any atom is -0.397 e. The average Bonchev–Trinajstić information content (AvgIpc) is 3.30. The van der Waals surface area contributed by atoms with E-state index in [1.807, 2.05) is 16.7 Å². The zero-order valence-corrected chi connectivity index (χ0v) is 19.2.